The fourth-order valence-corrected chi connectivity index (χ4v) is 19.5. The van der Waals surface area contributed by atoms with E-state index in [1.54, 1.807) is 19.9 Å². The van der Waals surface area contributed by atoms with E-state index in [9.17, 15) is 70.9 Å². The third-order valence-electron chi connectivity index (χ3n) is 16.2. The molecule has 2 unspecified atom stereocenters. The van der Waals surface area contributed by atoms with Crippen LogP contribution in [-0.4, -0.2) is 179 Å². The fourth-order valence-electron chi connectivity index (χ4n) is 10.7. The lowest BCUT2D eigenvalue weighted by atomic mass is 9.95. The van der Waals surface area contributed by atoms with Gasteiger partial charge in [0.15, 0.2) is 60.8 Å². The molecule has 125 heavy (non-hydrogen) atoms. The van der Waals surface area contributed by atoms with Crippen molar-refractivity contribution in [2.75, 3.05) is 84.7 Å². The maximum absolute atomic E-state index is 11.5. The minimum absolute atomic E-state index is 0.0492. The van der Waals surface area contributed by atoms with Crippen molar-refractivity contribution in [2.24, 2.45) is 124 Å². The van der Waals surface area contributed by atoms with Gasteiger partial charge < -0.3 is 26.6 Å². The summed E-state index contributed by atoms with van der Waals surface area (Å²) in [4.78, 5) is 67.4. The van der Waals surface area contributed by atoms with Gasteiger partial charge in [-0.05, 0) is 171 Å². The molecule has 0 saturated heterocycles. The molecule has 1 aliphatic rings. The van der Waals surface area contributed by atoms with Gasteiger partial charge >= 0.3 is 0 Å². The Morgan fingerprint density at radius 3 is 0.944 bits per heavy atom. The van der Waals surface area contributed by atoms with Gasteiger partial charge in [0.2, 0.25) is 5.91 Å². The molecule has 0 radical (unpaired) electrons. The van der Waals surface area contributed by atoms with Crippen LogP contribution in [0.5, 0.6) is 0 Å². The number of ketones is 5. The Morgan fingerprint density at radius 2 is 0.672 bits per heavy atom. The van der Waals surface area contributed by atoms with E-state index < -0.39 is 49.2 Å². The van der Waals surface area contributed by atoms with Crippen molar-refractivity contribution in [3.05, 3.63) is 12.2 Å². The van der Waals surface area contributed by atoms with E-state index in [0.717, 1.165) is 63.2 Å². The molecule has 2 atom stereocenters. The van der Waals surface area contributed by atoms with E-state index in [1.807, 2.05) is 172 Å². The second kappa shape index (κ2) is 78.6. The summed E-state index contributed by atoms with van der Waals surface area (Å²) in [7, 11) is -14.1. The summed E-state index contributed by atoms with van der Waals surface area (Å²) in [6.07, 6.45) is 8.80. The number of carbonyl (C=O) groups excluding carboxylic acids is 6. The average molecular weight is 1890 g/mol. The summed E-state index contributed by atoms with van der Waals surface area (Å²) in [5.74, 6) is 11.9. The third-order valence-corrected chi connectivity index (χ3v) is 26.8. The number of allylic oxidation sites excluding steroid dienone is 2. The van der Waals surface area contributed by atoms with Gasteiger partial charge in [-0.1, -0.05) is 304 Å². The van der Waals surface area contributed by atoms with Crippen LogP contribution in [0, 0.1) is 124 Å². The van der Waals surface area contributed by atoms with Gasteiger partial charge in [0.05, 0.1) is 70.2 Å². The zero-order chi connectivity index (χ0) is 101. The maximum Gasteiger partial charge on any atom is 0.222 e. The van der Waals surface area contributed by atoms with Gasteiger partial charge in [-0.2, -0.15) is 0 Å². The monoisotopic (exact) mass is 1880 g/mol. The Morgan fingerprint density at radius 1 is 0.344 bits per heavy atom. The quantitative estimate of drug-likeness (QED) is 0.0279. The first-order valence-electron chi connectivity index (χ1n) is 47.6. The SMILES string of the molecule is CC(C)CC(=O)/C=C/C(C)(C)C.CC(C)CC(=O)C1CC1C(C)C.CC(C)CC(=O)CC(=O)CC(C)C.CC(C)CC(=O)CNC(=O)C(C)C.CC(C)CCS(=O)(=O)CC(C)C.CC(C)CNC(C)C.CC(C)CNCC(C)C.CC(C)CNCS(=O)(=O)CC(C)C.CC(C)CS(=O)(=O)C(C)C.CC(C)CS(=O)(=O)CC(C)C.CC(C)CS(=O)(=O)CNC(C)C. The fraction of sp³-hybridized carbons (Fsp3) is 0.919. The zero-order valence-corrected chi connectivity index (χ0v) is 93.6. The molecule has 1 amide bonds. The highest BCUT2D eigenvalue weighted by Crippen LogP contribution is 2.45. The molecule has 0 aliphatic heterocycles. The Labute approximate surface area is 777 Å². The van der Waals surface area contributed by atoms with Gasteiger partial charge in [0, 0.05) is 56.0 Å². The first kappa shape index (κ1) is 143. The molecule has 1 aliphatic carbocycles. The highest BCUT2D eigenvalue weighted by atomic mass is 32.2. The minimum atomic E-state index is -2.89. The lowest BCUT2D eigenvalue weighted by Crippen LogP contribution is -2.32. The highest BCUT2D eigenvalue weighted by molar-refractivity contribution is 7.92. The average Bonchev–Trinajstić information content (AvgIpc) is 1.66. The largest absolute Gasteiger partial charge is 0.349 e. The molecule has 21 nitrogen and oxygen atoms in total. The molecule has 1 saturated carbocycles. The van der Waals surface area contributed by atoms with E-state index in [-0.39, 0.29) is 123 Å². The van der Waals surface area contributed by atoms with Crippen molar-refractivity contribution >= 4 is 84.0 Å². The van der Waals surface area contributed by atoms with Gasteiger partial charge in [-0.15, -0.1) is 0 Å². The van der Waals surface area contributed by atoms with Crippen molar-refractivity contribution in [1.82, 2.24) is 26.6 Å². The predicted molar refractivity (Wildman–Crippen MR) is 543 cm³/mol. The van der Waals surface area contributed by atoms with Gasteiger partial charge in [-0.3, -0.25) is 28.8 Å². The van der Waals surface area contributed by atoms with Crippen LogP contribution in [0.25, 0.3) is 0 Å². The molecule has 1 rings (SSSR count). The Balaban J connectivity index is -0.000000146. The Bertz CT molecular complexity index is 3200. The number of hydrogen-bond donors (Lipinski definition) is 5. The number of hydrogen-bond acceptors (Lipinski definition) is 20. The predicted octanol–water partition coefficient (Wildman–Crippen LogP) is 21.2. The smallest absolute Gasteiger partial charge is 0.222 e. The van der Waals surface area contributed by atoms with Crippen LogP contribution in [0.4, 0.5) is 0 Å². The van der Waals surface area contributed by atoms with Gasteiger partial charge in [0.1, 0.15) is 17.3 Å². The van der Waals surface area contributed by atoms with Crippen LogP contribution in [0.3, 0.4) is 0 Å². The van der Waals surface area contributed by atoms with E-state index in [0.29, 0.717) is 125 Å². The number of rotatable bonds is 48. The topological polar surface area (TPSA) is 333 Å². The van der Waals surface area contributed by atoms with Crippen molar-refractivity contribution < 1.29 is 70.9 Å². The second-order valence-corrected chi connectivity index (χ2v) is 55.1. The van der Waals surface area contributed by atoms with Crippen LogP contribution >= 0.6 is 0 Å². The van der Waals surface area contributed by atoms with Crippen molar-refractivity contribution in [1.29, 1.82) is 0 Å². The molecule has 5 N–H and O–H groups in total. The van der Waals surface area contributed by atoms with Crippen LogP contribution in [0.1, 0.15) is 363 Å². The third kappa shape index (κ3) is 127. The normalized spacial score (nSPS) is 13.7. The summed E-state index contributed by atoms with van der Waals surface area (Å²) in [5.41, 5.74) is 0.118. The van der Waals surface area contributed by atoms with Crippen LogP contribution < -0.4 is 26.6 Å². The lowest BCUT2D eigenvalue weighted by molar-refractivity contribution is -0.128. The van der Waals surface area contributed by atoms with Crippen LogP contribution in [0.15, 0.2) is 12.2 Å². The van der Waals surface area contributed by atoms with Crippen LogP contribution in [-0.2, 0) is 78.0 Å². The number of nitrogens with one attached hydrogen (secondary N) is 5. The number of Topliss-reactive ketones (excluding diaryl/α,β-unsaturated/α-hetero) is 4. The number of sulfone groups is 5. The molecule has 0 aromatic carbocycles. The summed E-state index contributed by atoms with van der Waals surface area (Å²) in [5, 5.41) is 14.9. The van der Waals surface area contributed by atoms with E-state index >= 15 is 0 Å². The molecule has 756 valence electrons. The second-order valence-electron chi connectivity index (χ2n) is 43.9. The molecule has 1 fully saturated rings. The Kier molecular flexibility index (Phi) is 89.7. The van der Waals surface area contributed by atoms with Gasteiger partial charge in [0.25, 0.3) is 0 Å². The molecular weight excluding hydrogens is 1680 g/mol. The summed E-state index contributed by atoms with van der Waals surface area (Å²) in [6.45, 7) is 95.3. The number of amides is 1. The molecule has 0 bridgehead atoms. The van der Waals surface area contributed by atoms with Crippen LogP contribution in [0.2, 0.25) is 0 Å². The molecule has 0 aromatic heterocycles. The first-order chi connectivity index (χ1) is 56.1. The van der Waals surface area contributed by atoms with Crippen molar-refractivity contribution in [3.8, 4) is 0 Å². The van der Waals surface area contributed by atoms with Crippen molar-refractivity contribution in [3.63, 3.8) is 0 Å². The molecule has 0 heterocycles. The van der Waals surface area contributed by atoms with E-state index in [4.69, 9.17) is 0 Å². The summed E-state index contributed by atoms with van der Waals surface area (Å²) >= 11 is 0. The van der Waals surface area contributed by atoms with E-state index in [1.165, 1.54) is 0 Å². The molecule has 0 aromatic rings. The molecule has 0 spiro atoms. The Hall–Kier alpha value is -2.85. The lowest BCUT2D eigenvalue weighted by Gasteiger charge is -2.10. The summed E-state index contributed by atoms with van der Waals surface area (Å²) < 4.78 is 113. The zero-order valence-electron chi connectivity index (χ0n) is 89.6. The van der Waals surface area contributed by atoms with Crippen molar-refractivity contribution in [2.45, 2.75) is 380 Å². The summed E-state index contributed by atoms with van der Waals surface area (Å²) in [6, 6.07) is 0.865. The molecule has 26 heteroatoms. The van der Waals surface area contributed by atoms with Gasteiger partial charge in [-0.25, -0.2) is 42.1 Å². The maximum atomic E-state index is 11.5. The molecular formula is C99H209N5O16S5. The highest BCUT2D eigenvalue weighted by Gasteiger charge is 2.44. The first-order valence-corrected chi connectivity index (χ1v) is 56.6. The number of carbonyl (C=O) groups is 6. The minimum Gasteiger partial charge on any atom is -0.349 e. The van der Waals surface area contributed by atoms with E-state index in [2.05, 4.69) is 158 Å². The standard InChI is InChI=1S/C11H20O2.2C11H20O.C10H19NO2.C9H21NO2S.C9H20O2S.C8H19NO2S.C8H19N.C8H18O2S.C7H17N.C7H16O2S/c1-8(2)5-10(12)7-11(13)6-9(3)4;1-7(2)5-11(12)10-6-9(10)8(3)4;1-9(2)8-10(12)6-7-11(3,4)5;1-7(2)5-9(12)6-11-10(13)8(3)4;1-8(2)5-10-7-13(11,12)6-9(3)4;1-8(2)5-6-12(10,11)7-9(3)4;1-7(2)5-12(10,11)6-9-8(3)4;1-7(2)5-9-6-8(3)4;1-7(2)5-11(9,10)6-8(3)4;1-6(2)5-8-7(3)4;1-6(2)5-10(8,9)7(3)4/h8-9H,5-7H2,1-4H3;7-10H,5-6H2,1-4H3;6-7,9H,8H2,1-5H3;7-8H,5-6H2,1-4H3,(H,11,13);8-10H,5-7H2,1-4H3;8-9H,5-7H2,1-4H3;7-9H,5-6H2,1-4H3;7-9H,5-6H2,1-4H3;7-8H,5-6H2,1-4H3;6-8H,5H2,1-4H3;6-7H,5H2,1-4H3/b;;7-6+;;;;;;;;.